The molecule has 4 rings (SSSR count). The van der Waals surface area contributed by atoms with Crippen molar-refractivity contribution >= 4 is 11.9 Å². The lowest BCUT2D eigenvalue weighted by atomic mass is 9.93. The fourth-order valence-corrected chi connectivity index (χ4v) is 3.64. The Morgan fingerprint density at radius 3 is 2.69 bits per heavy atom. The maximum atomic E-state index is 12.6. The lowest BCUT2D eigenvalue weighted by Crippen LogP contribution is -2.53. The van der Waals surface area contributed by atoms with Crippen molar-refractivity contribution in [1.29, 1.82) is 0 Å². The van der Waals surface area contributed by atoms with Crippen LogP contribution >= 0.6 is 0 Å². The zero-order chi connectivity index (χ0) is 17.9. The normalized spacial score (nSPS) is 19.8. The summed E-state index contributed by atoms with van der Waals surface area (Å²) in [5.74, 6) is 0.897. The van der Waals surface area contributed by atoms with Crippen LogP contribution in [0.25, 0.3) is 0 Å². The second kappa shape index (κ2) is 7.19. The molecule has 3 heterocycles. The zero-order valence-corrected chi connectivity index (χ0v) is 14.6. The van der Waals surface area contributed by atoms with Crippen LogP contribution < -0.4 is 5.32 Å². The van der Waals surface area contributed by atoms with Gasteiger partial charge in [0.25, 0.3) is 5.91 Å². The Labute approximate surface area is 152 Å². The van der Waals surface area contributed by atoms with Crippen molar-refractivity contribution in [1.82, 2.24) is 20.1 Å². The van der Waals surface area contributed by atoms with Crippen molar-refractivity contribution in [2.45, 2.75) is 25.3 Å². The van der Waals surface area contributed by atoms with Gasteiger partial charge in [-0.1, -0.05) is 6.07 Å². The van der Waals surface area contributed by atoms with E-state index in [0.29, 0.717) is 31.9 Å². The van der Waals surface area contributed by atoms with Gasteiger partial charge in [-0.05, 0) is 31.0 Å². The first-order valence-corrected chi connectivity index (χ1v) is 9.04. The van der Waals surface area contributed by atoms with Crippen molar-refractivity contribution in [2.24, 2.45) is 0 Å². The van der Waals surface area contributed by atoms with Gasteiger partial charge in [-0.2, -0.15) is 0 Å². The van der Waals surface area contributed by atoms with Gasteiger partial charge in [0.1, 0.15) is 11.5 Å². The fraction of sp³-hybridized carbons (Fsp3) is 0.421. The molecule has 1 fully saturated rings. The molecule has 0 aromatic carbocycles. The average Bonchev–Trinajstić information content (AvgIpc) is 3.18. The van der Waals surface area contributed by atoms with Gasteiger partial charge < -0.3 is 19.5 Å². The highest BCUT2D eigenvalue weighted by atomic mass is 16.3. The molecule has 0 bridgehead atoms. The summed E-state index contributed by atoms with van der Waals surface area (Å²) >= 11 is 0. The van der Waals surface area contributed by atoms with Crippen molar-refractivity contribution < 1.29 is 14.0 Å². The summed E-state index contributed by atoms with van der Waals surface area (Å²) in [7, 11) is 0. The van der Waals surface area contributed by atoms with Gasteiger partial charge in [-0.25, -0.2) is 4.79 Å². The van der Waals surface area contributed by atoms with Crippen LogP contribution in [0.5, 0.6) is 0 Å². The predicted octanol–water partition coefficient (Wildman–Crippen LogP) is 2.22. The second-order valence-corrected chi connectivity index (χ2v) is 6.69. The molecule has 2 aromatic rings. The number of carbonyl (C=O) groups is 2. The zero-order valence-electron chi connectivity index (χ0n) is 14.6. The number of aromatic nitrogens is 1. The predicted molar refractivity (Wildman–Crippen MR) is 94.6 cm³/mol. The summed E-state index contributed by atoms with van der Waals surface area (Å²) < 4.78 is 5.48. The summed E-state index contributed by atoms with van der Waals surface area (Å²) in [5, 5.41) is 3.12. The van der Waals surface area contributed by atoms with E-state index in [1.54, 1.807) is 40.5 Å². The number of piperazine rings is 1. The molecular weight excluding hydrogens is 332 g/mol. The van der Waals surface area contributed by atoms with Gasteiger partial charge in [-0.15, -0.1) is 0 Å². The third kappa shape index (κ3) is 3.29. The Bertz CT molecular complexity index is 781. The highest BCUT2D eigenvalue weighted by molar-refractivity contribution is 5.92. The van der Waals surface area contributed by atoms with Crippen molar-refractivity contribution in [3.63, 3.8) is 0 Å². The van der Waals surface area contributed by atoms with E-state index < -0.39 is 0 Å². The van der Waals surface area contributed by atoms with E-state index in [-0.39, 0.29) is 18.0 Å². The lowest BCUT2D eigenvalue weighted by molar-refractivity contribution is 0.0657. The Morgan fingerprint density at radius 1 is 1.12 bits per heavy atom. The van der Waals surface area contributed by atoms with E-state index in [1.807, 2.05) is 6.07 Å². The summed E-state index contributed by atoms with van der Waals surface area (Å²) in [4.78, 5) is 32.7. The molecule has 7 heteroatoms. The highest BCUT2D eigenvalue weighted by Gasteiger charge is 2.29. The molecule has 1 unspecified atom stereocenters. The van der Waals surface area contributed by atoms with E-state index >= 15 is 0 Å². The van der Waals surface area contributed by atoms with E-state index in [1.165, 1.54) is 0 Å². The average molecular weight is 354 g/mol. The van der Waals surface area contributed by atoms with Crippen LogP contribution in [0.1, 0.15) is 40.7 Å². The largest absolute Gasteiger partial charge is 0.469 e. The number of urea groups is 1. The second-order valence-electron chi connectivity index (χ2n) is 6.69. The maximum absolute atomic E-state index is 12.6. The van der Waals surface area contributed by atoms with Crippen LogP contribution in [-0.2, 0) is 6.42 Å². The number of rotatable bonds is 2. The summed E-state index contributed by atoms with van der Waals surface area (Å²) in [6, 6.07) is 7.19. The van der Waals surface area contributed by atoms with Crippen LogP contribution in [-0.4, -0.2) is 52.9 Å². The molecule has 0 saturated carbocycles. The van der Waals surface area contributed by atoms with Gasteiger partial charge in [-0.3, -0.25) is 9.78 Å². The number of aryl methyl sites for hydroxylation is 1. The van der Waals surface area contributed by atoms with Crippen LogP contribution in [0, 0.1) is 0 Å². The topological polar surface area (TPSA) is 78.7 Å². The Morgan fingerprint density at radius 2 is 1.92 bits per heavy atom. The molecule has 1 aliphatic heterocycles. The first-order chi connectivity index (χ1) is 12.7. The minimum absolute atomic E-state index is 0.0122. The molecule has 1 N–H and O–H groups in total. The summed E-state index contributed by atoms with van der Waals surface area (Å²) in [6.07, 6.45) is 6.18. The number of hydrogen-bond donors (Lipinski definition) is 1. The number of pyridine rings is 1. The van der Waals surface area contributed by atoms with E-state index in [2.05, 4.69) is 10.3 Å². The molecular formula is C19H22N4O3. The smallest absolute Gasteiger partial charge is 0.318 e. The van der Waals surface area contributed by atoms with Crippen LogP contribution in [0.15, 0.2) is 41.1 Å². The first-order valence-electron chi connectivity index (χ1n) is 9.04. The molecule has 0 radical (unpaired) electrons. The number of nitrogens with one attached hydrogen (secondary N) is 1. The van der Waals surface area contributed by atoms with Crippen LogP contribution in [0.4, 0.5) is 4.79 Å². The maximum Gasteiger partial charge on any atom is 0.318 e. The molecule has 2 aromatic heterocycles. The molecule has 1 saturated heterocycles. The third-order valence-electron chi connectivity index (χ3n) is 5.09. The minimum atomic E-state index is -0.0824. The number of nitrogens with zero attached hydrogens (tertiary/aromatic N) is 3. The summed E-state index contributed by atoms with van der Waals surface area (Å²) in [6.45, 7) is 2.08. The number of hydrogen-bond acceptors (Lipinski definition) is 4. The molecule has 7 nitrogen and oxygen atoms in total. The van der Waals surface area contributed by atoms with Crippen LogP contribution in [0.2, 0.25) is 0 Å². The number of carbonyl (C=O) groups excluding carboxylic acids is 2. The fourth-order valence-electron chi connectivity index (χ4n) is 3.64. The Hall–Kier alpha value is -2.83. The van der Waals surface area contributed by atoms with E-state index in [9.17, 15) is 9.59 Å². The van der Waals surface area contributed by atoms with Gasteiger partial charge in [0.2, 0.25) is 0 Å². The molecule has 136 valence electrons. The number of amides is 3. The number of furan rings is 1. The standard InChI is InChI=1S/C19H22N4O3/c24-18(16-4-1-2-8-20-16)22-9-11-23(12-10-22)19(25)21-15-5-3-6-17-14(15)7-13-26-17/h1-2,4,7-8,13,15H,3,5-6,9-12H2,(H,21,25). The molecule has 1 atom stereocenters. The molecule has 1 aliphatic carbocycles. The first kappa shape index (κ1) is 16.6. The lowest BCUT2D eigenvalue weighted by Gasteiger charge is -2.35. The van der Waals surface area contributed by atoms with E-state index in [4.69, 9.17) is 4.42 Å². The van der Waals surface area contributed by atoms with Crippen molar-refractivity contribution in [3.8, 4) is 0 Å². The Balaban J connectivity index is 1.32. The van der Waals surface area contributed by atoms with Gasteiger partial charge in [0.05, 0.1) is 12.3 Å². The molecule has 2 aliphatic rings. The molecule has 3 amide bonds. The van der Waals surface area contributed by atoms with Gasteiger partial charge >= 0.3 is 6.03 Å². The highest BCUT2D eigenvalue weighted by Crippen LogP contribution is 2.30. The molecule has 26 heavy (non-hydrogen) atoms. The molecule has 0 spiro atoms. The Kier molecular flexibility index (Phi) is 4.60. The van der Waals surface area contributed by atoms with Crippen molar-refractivity contribution in [3.05, 3.63) is 53.7 Å². The van der Waals surface area contributed by atoms with Gasteiger partial charge in [0.15, 0.2) is 0 Å². The van der Waals surface area contributed by atoms with E-state index in [0.717, 1.165) is 30.6 Å². The van der Waals surface area contributed by atoms with Crippen molar-refractivity contribution in [2.75, 3.05) is 26.2 Å². The quantitative estimate of drug-likeness (QED) is 0.897. The third-order valence-corrected chi connectivity index (χ3v) is 5.09. The number of fused-ring (bicyclic) bond motifs is 1. The van der Waals surface area contributed by atoms with Gasteiger partial charge in [0, 0.05) is 44.4 Å². The summed E-state index contributed by atoms with van der Waals surface area (Å²) in [5.41, 5.74) is 1.54. The van der Waals surface area contributed by atoms with Crippen LogP contribution in [0.3, 0.4) is 0 Å². The monoisotopic (exact) mass is 354 g/mol. The minimum Gasteiger partial charge on any atom is -0.469 e. The SMILES string of the molecule is O=C(NC1CCCc2occc21)N1CCN(C(=O)c2ccccn2)CC1.